The molecule has 0 fully saturated rings. The van der Waals surface area contributed by atoms with Crippen LogP contribution in [0.4, 0.5) is 44.7 Å². The van der Waals surface area contributed by atoms with Crippen molar-refractivity contribution >= 4 is 24.2 Å². The van der Waals surface area contributed by atoms with E-state index in [1.54, 1.807) is 0 Å². The van der Waals surface area contributed by atoms with Crippen molar-refractivity contribution in [2.45, 2.75) is 38.3 Å². The molecule has 0 unspecified atom stereocenters. The van der Waals surface area contributed by atoms with Gasteiger partial charge in [0.2, 0.25) is 0 Å². The predicted octanol–water partition coefficient (Wildman–Crippen LogP) is 3.94. The second kappa shape index (κ2) is 15.2. The van der Waals surface area contributed by atoms with Gasteiger partial charge in [0.1, 0.15) is 26.4 Å². The van der Waals surface area contributed by atoms with Crippen LogP contribution in [0.2, 0.25) is 0 Å². The Balaban J connectivity index is 4.72. The fourth-order valence-corrected chi connectivity index (χ4v) is 1.69. The van der Waals surface area contributed by atoms with Gasteiger partial charge in [0, 0.05) is 11.1 Å². The van der Waals surface area contributed by atoms with Gasteiger partial charge in [-0.1, -0.05) is 13.2 Å². The highest BCUT2D eigenvalue weighted by atomic mass is 19.3. The second-order valence-electron chi connectivity index (χ2n) is 7.12. The molecule has 0 radical (unpaired) electrons. The van der Waals surface area contributed by atoms with E-state index in [4.69, 9.17) is 0 Å². The number of halogens is 8. The third-order valence-electron chi connectivity index (χ3n) is 3.38. The van der Waals surface area contributed by atoms with Crippen LogP contribution in [0.3, 0.4) is 0 Å². The molecule has 0 aromatic carbocycles. The number of esters is 2. The first-order valence-corrected chi connectivity index (χ1v) is 10.3. The minimum atomic E-state index is -6.47. The van der Waals surface area contributed by atoms with E-state index < -0.39 is 88.3 Å². The zero-order chi connectivity index (χ0) is 31.4. The van der Waals surface area contributed by atoms with Gasteiger partial charge in [-0.15, -0.1) is 0 Å². The average molecular weight is 606 g/mol. The summed E-state index contributed by atoms with van der Waals surface area (Å²) >= 11 is 0. The molecule has 230 valence electrons. The lowest BCUT2D eigenvalue weighted by Gasteiger charge is -2.30. The number of carbonyl (C=O) groups is 4. The largest absolute Gasteiger partial charge is 0.508 e. The molecule has 12 nitrogen and oxygen atoms in total. The lowest BCUT2D eigenvalue weighted by Crippen LogP contribution is -2.53. The van der Waals surface area contributed by atoms with Crippen LogP contribution in [0.25, 0.3) is 0 Å². The van der Waals surface area contributed by atoms with E-state index in [0.717, 1.165) is 0 Å². The maximum atomic E-state index is 13.5. The predicted molar refractivity (Wildman–Crippen MR) is 108 cm³/mol. The first-order chi connectivity index (χ1) is 18.1. The Labute approximate surface area is 219 Å². The average Bonchev–Trinajstić information content (AvgIpc) is 2.80. The van der Waals surface area contributed by atoms with Gasteiger partial charge in [0.15, 0.2) is 13.2 Å². The van der Waals surface area contributed by atoms with E-state index in [2.05, 4.69) is 51.1 Å². The number of alkyl halides is 8. The normalized spacial score (nSPS) is 12.2. The van der Waals surface area contributed by atoms with Crippen molar-refractivity contribution in [2.24, 2.45) is 0 Å². The van der Waals surface area contributed by atoms with Gasteiger partial charge in [-0.25, -0.2) is 28.7 Å². The molecule has 0 rings (SSSR count). The minimum Gasteiger partial charge on any atom is -0.459 e. The summed E-state index contributed by atoms with van der Waals surface area (Å²) in [6.45, 7) is 1.32. The van der Waals surface area contributed by atoms with E-state index in [9.17, 15) is 54.3 Å². The standard InChI is InChI=1S/C20H22F8O12/c1-11(2)13(29)33-5-7-35-15(31)37-9-17(21,22)39-19(25,26)20(27,28)40-18(23,24)10-38-16(32)36-8-6-34-14(30)12(3)4/h1,3,5-10H2,2,4H3. The van der Waals surface area contributed by atoms with Crippen molar-refractivity contribution in [2.75, 3.05) is 39.6 Å². The van der Waals surface area contributed by atoms with Crippen molar-refractivity contribution in [3.63, 3.8) is 0 Å². The summed E-state index contributed by atoms with van der Waals surface area (Å²) in [7, 11) is 0. The van der Waals surface area contributed by atoms with Gasteiger partial charge in [-0.3, -0.25) is 0 Å². The summed E-state index contributed by atoms with van der Waals surface area (Å²) in [5.41, 5.74) is -0.0748. The highest BCUT2D eigenvalue weighted by Crippen LogP contribution is 2.43. The van der Waals surface area contributed by atoms with Gasteiger partial charge in [0.25, 0.3) is 0 Å². The summed E-state index contributed by atoms with van der Waals surface area (Å²) in [6, 6.07) is 0. The molecule has 0 atom stereocenters. The van der Waals surface area contributed by atoms with E-state index in [-0.39, 0.29) is 11.1 Å². The summed E-state index contributed by atoms with van der Waals surface area (Å²) in [6.07, 6.45) is -27.7. The highest BCUT2D eigenvalue weighted by Gasteiger charge is 2.67. The molecule has 0 aromatic heterocycles. The Kier molecular flexibility index (Phi) is 13.8. The van der Waals surface area contributed by atoms with Crippen LogP contribution >= 0.6 is 0 Å². The lowest BCUT2D eigenvalue weighted by molar-refractivity contribution is -0.515. The molecule has 0 spiro atoms. The van der Waals surface area contributed by atoms with Crippen LogP contribution in [0.15, 0.2) is 24.3 Å². The van der Waals surface area contributed by atoms with Gasteiger partial charge in [0.05, 0.1) is 0 Å². The highest BCUT2D eigenvalue weighted by molar-refractivity contribution is 5.87. The minimum absolute atomic E-state index is 0.0374. The second-order valence-corrected chi connectivity index (χ2v) is 7.12. The van der Waals surface area contributed by atoms with Crippen molar-refractivity contribution in [3.05, 3.63) is 24.3 Å². The zero-order valence-corrected chi connectivity index (χ0v) is 20.6. The Hall–Kier alpha value is -3.68. The van der Waals surface area contributed by atoms with E-state index in [0.29, 0.717) is 0 Å². The molecule has 0 N–H and O–H groups in total. The van der Waals surface area contributed by atoms with Crippen LogP contribution in [-0.2, 0) is 47.5 Å². The topological polar surface area (TPSA) is 142 Å². The van der Waals surface area contributed by atoms with Gasteiger partial charge in [-0.05, 0) is 13.8 Å². The van der Waals surface area contributed by atoms with Crippen LogP contribution in [-0.4, -0.2) is 88.3 Å². The molecular weight excluding hydrogens is 584 g/mol. The zero-order valence-electron chi connectivity index (χ0n) is 20.6. The third-order valence-corrected chi connectivity index (χ3v) is 3.38. The van der Waals surface area contributed by atoms with Gasteiger partial charge < -0.3 is 28.4 Å². The Morgan fingerprint density at radius 2 is 0.800 bits per heavy atom. The molecule has 0 aromatic rings. The molecule has 0 saturated carbocycles. The molecule has 0 aliphatic heterocycles. The van der Waals surface area contributed by atoms with E-state index >= 15 is 0 Å². The third kappa shape index (κ3) is 14.5. The molecule has 0 aliphatic rings. The molecular formula is C20H22F8O12. The quantitative estimate of drug-likeness (QED) is 0.0778. The Morgan fingerprint density at radius 1 is 0.525 bits per heavy atom. The number of ether oxygens (including phenoxy) is 8. The van der Waals surface area contributed by atoms with Crippen LogP contribution in [0.1, 0.15) is 13.8 Å². The van der Waals surface area contributed by atoms with Crippen LogP contribution in [0, 0.1) is 0 Å². The van der Waals surface area contributed by atoms with E-state index in [1.165, 1.54) is 13.8 Å². The number of rotatable bonds is 17. The first kappa shape index (κ1) is 36.3. The SMILES string of the molecule is C=C(C)C(=O)OCCOC(=O)OCC(F)(F)OC(F)(F)C(F)(F)OC(F)(F)COC(=O)OCCOC(=O)C(=C)C. The lowest BCUT2D eigenvalue weighted by atomic mass is 10.4. The molecule has 0 aliphatic carbocycles. The summed E-state index contributed by atoms with van der Waals surface area (Å²) in [5, 5.41) is 0. The van der Waals surface area contributed by atoms with Crippen molar-refractivity contribution in [1.29, 1.82) is 0 Å². The molecule has 0 amide bonds. The molecule has 40 heavy (non-hydrogen) atoms. The van der Waals surface area contributed by atoms with Crippen molar-refractivity contribution in [1.82, 2.24) is 0 Å². The van der Waals surface area contributed by atoms with Crippen LogP contribution in [0.5, 0.6) is 0 Å². The van der Waals surface area contributed by atoms with Crippen LogP contribution < -0.4 is 0 Å². The van der Waals surface area contributed by atoms with Gasteiger partial charge >= 0.3 is 48.7 Å². The van der Waals surface area contributed by atoms with Gasteiger partial charge in [-0.2, -0.15) is 35.1 Å². The summed E-state index contributed by atoms with van der Waals surface area (Å²) in [4.78, 5) is 44.4. The number of hydrogen-bond acceptors (Lipinski definition) is 12. The molecule has 0 bridgehead atoms. The number of hydrogen-bond donors (Lipinski definition) is 0. The molecule has 0 heterocycles. The number of carbonyl (C=O) groups excluding carboxylic acids is 4. The summed E-state index contributed by atoms with van der Waals surface area (Å²) in [5.74, 6) is -1.81. The maximum Gasteiger partial charge on any atom is 0.508 e. The smallest absolute Gasteiger partial charge is 0.459 e. The van der Waals surface area contributed by atoms with Crippen molar-refractivity contribution < 1.29 is 92.2 Å². The fourth-order valence-electron chi connectivity index (χ4n) is 1.69. The molecule has 20 heteroatoms. The Bertz CT molecular complexity index is 864. The monoisotopic (exact) mass is 606 g/mol. The first-order valence-electron chi connectivity index (χ1n) is 10.3. The maximum absolute atomic E-state index is 13.5. The fraction of sp³-hybridized carbons (Fsp3) is 0.600. The molecule has 0 saturated heterocycles. The summed E-state index contributed by atoms with van der Waals surface area (Å²) < 4.78 is 138. The Morgan fingerprint density at radius 3 is 1.07 bits per heavy atom. The van der Waals surface area contributed by atoms with E-state index in [1.807, 2.05) is 0 Å². The van der Waals surface area contributed by atoms with Crippen molar-refractivity contribution in [3.8, 4) is 0 Å².